The second-order valence-corrected chi connectivity index (χ2v) is 5.70. The van der Waals surface area contributed by atoms with Crippen molar-refractivity contribution in [2.24, 2.45) is 0 Å². The molecule has 0 fully saturated rings. The summed E-state index contributed by atoms with van der Waals surface area (Å²) in [7, 11) is 0. The van der Waals surface area contributed by atoms with Gasteiger partial charge in [-0.05, 0) is 24.1 Å². The Morgan fingerprint density at radius 3 is 3.09 bits per heavy atom. The molecule has 1 aromatic heterocycles. The molecule has 1 atom stereocenters. The molecule has 1 unspecified atom stereocenters. The lowest BCUT2D eigenvalue weighted by Crippen LogP contribution is -2.13. The van der Waals surface area contributed by atoms with Crippen molar-refractivity contribution in [1.82, 2.24) is 4.98 Å². The third kappa shape index (κ3) is 4.51. The van der Waals surface area contributed by atoms with Gasteiger partial charge in [-0.2, -0.15) is 0 Å². The number of carbonyl (C=O) groups is 1. The Hall–Kier alpha value is -1.99. The van der Waals surface area contributed by atoms with E-state index in [1.165, 1.54) is 24.4 Å². The summed E-state index contributed by atoms with van der Waals surface area (Å²) in [6.07, 6.45) is 1.63. The van der Waals surface area contributed by atoms with Crippen LogP contribution in [0, 0.1) is 5.82 Å². The molecule has 0 bridgehead atoms. The van der Waals surface area contributed by atoms with Crippen LogP contribution in [0.25, 0.3) is 0 Å². The lowest BCUT2D eigenvalue weighted by Gasteiger charge is -2.08. The Bertz CT molecular complexity index is 633. The van der Waals surface area contributed by atoms with Gasteiger partial charge in [0.15, 0.2) is 5.13 Å². The zero-order chi connectivity index (χ0) is 15.9. The topological polar surface area (TPSA) is 71.5 Å². The molecule has 118 valence electrons. The number of rotatable bonds is 6. The zero-order valence-electron chi connectivity index (χ0n) is 12.1. The third-order valence-electron chi connectivity index (χ3n) is 2.90. The van der Waals surface area contributed by atoms with E-state index >= 15 is 0 Å². The molecule has 0 spiro atoms. The Morgan fingerprint density at radius 2 is 2.36 bits per heavy atom. The minimum Gasteiger partial charge on any atom is -0.449 e. The largest absolute Gasteiger partial charge is 0.449 e. The lowest BCUT2D eigenvalue weighted by molar-refractivity contribution is 0.160. The molecular formula is C15H17FN2O3S. The number of ether oxygens (including phenoxy) is 1. The van der Waals surface area contributed by atoms with Crippen LogP contribution in [-0.4, -0.2) is 22.8 Å². The predicted octanol–water partition coefficient (Wildman–Crippen LogP) is 3.71. The first-order valence-corrected chi connectivity index (χ1v) is 7.75. The van der Waals surface area contributed by atoms with Crippen molar-refractivity contribution in [3.8, 4) is 0 Å². The number of aromatic nitrogens is 1. The first kappa shape index (κ1) is 16.4. The number of amides is 1. The third-order valence-corrected chi connectivity index (χ3v) is 3.86. The van der Waals surface area contributed by atoms with Crippen molar-refractivity contribution < 1.29 is 19.0 Å². The van der Waals surface area contributed by atoms with E-state index in [9.17, 15) is 14.3 Å². The second-order valence-electron chi connectivity index (χ2n) is 4.64. The van der Waals surface area contributed by atoms with Gasteiger partial charge in [-0.3, -0.25) is 5.32 Å². The summed E-state index contributed by atoms with van der Waals surface area (Å²) in [6, 6.07) is 5.72. The van der Waals surface area contributed by atoms with Crippen molar-refractivity contribution in [3.05, 3.63) is 46.7 Å². The lowest BCUT2D eigenvalue weighted by atomic mass is 10.1. The molecule has 7 heteroatoms. The summed E-state index contributed by atoms with van der Waals surface area (Å²) in [5.74, 6) is -0.418. The Morgan fingerprint density at radius 1 is 1.55 bits per heavy atom. The number of anilines is 1. The number of thiazole rings is 1. The van der Waals surface area contributed by atoms with Crippen molar-refractivity contribution in [2.45, 2.75) is 25.9 Å². The van der Waals surface area contributed by atoms with E-state index in [1.807, 2.05) is 6.92 Å². The van der Waals surface area contributed by atoms with Crippen LogP contribution in [0.1, 0.15) is 36.3 Å². The normalized spacial score (nSPS) is 12.0. The fourth-order valence-corrected chi connectivity index (χ4v) is 2.56. The summed E-state index contributed by atoms with van der Waals surface area (Å²) in [5.41, 5.74) is 0.431. The molecular weight excluding hydrogens is 307 g/mol. The highest BCUT2D eigenvalue weighted by Gasteiger charge is 2.16. The van der Waals surface area contributed by atoms with Crippen LogP contribution in [0.2, 0.25) is 0 Å². The SMILES string of the molecule is CCCCOC(=O)Nc1ncc(C(O)c2cccc(F)c2)s1. The number of aliphatic hydroxyl groups is 1. The highest BCUT2D eigenvalue weighted by atomic mass is 32.1. The standard InChI is InChI=1S/C15H17FN2O3S/c1-2-3-7-21-15(20)18-14-17-9-12(22-14)13(19)10-5-4-6-11(16)8-10/h4-6,8-9,13,19H,2-3,7H2,1H3,(H,17,18,20). The number of aliphatic hydroxyl groups excluding tert-OH is 1. The first-order valence-electron chi connectivity index (χ1n) is 6.93. The number of carbonyl (C=O) groups excluding carboxylic acids is 1. The van der Waals surface area contributed by atoms with Crippen molar-refractivity contribution >= 4 is 22.6 Å². The molecule has 0 saturated heterocycles. The number of benzene rings is 1. The predicted molar refractivity (Wildman–Crippen MR) is 82.5 cm³/mol. The van der Waals surface area contributed by atoms with Gasteiger partial charge in [0, 0.05) is 6.20 Å². The summed E-state index contributed by atoms with van der Waals surface area (Å²) in [4.78, 5) is 16.0. The fraction of sp³-hybridized carbons (Fsp3) is 0.333. The Labute approximate surface area is 131 Å². The van der Waals surface area contributed by atoms with Crippen LogP contribution in [0.3, 0.4) is 0 Å². The van der Waals surface area contributed by atoms with Crippen LogP contribution in [0.4, 0.5) is 14.3 Å². The quantitative estimate of drug-likeness (QED) is 0.795. The van der Waals surface area contributed by atoms with Gasteiger partial charge in [-0.25, -0.2) is 14.2 Å². The van der Waals surface area contributed by atoms with Crippen molar-refractivity contribution in [1.29, 1.82) is 0 Å². The molecule has 0 aliphatic heterocycles. The molecule has 2 N–H and O–H groups in total. The molecule has 1 heterocycles. The maximum Gasteiger partial charge on any atom is 0.413 e. The Balaban J connectivity index is 1.97. The second kappa shape index (κ2) is 7.86. The number of unbranched alkanes of at least 4 members (excludes halogenated alkanes) is 1. The molecule has 5 nitrogen and oxygen atoms in total. The van der Waals surface area contributed by atoms with Crippen LogP contribution in [0.5, 0.6) is 0 Å². The van der Waals surface area contributed by atoms with E-state index in [4.69, 9.17) is 4.74 Å². The monoisotopic (exact) mass is 324 g/mol. The molecule has 2 aromatic rings. The first-order chi connectivity index (χ1) is 10.6. The molecule has 0 aliphatic rings. The van der Waals surface area contributed by atoms with E-state index in [1.54, 1.807) is 6.07 Å². The van der Waals surface area contributed by atoms with Crippen LogP contribution in [0.15, 0.2) is 30.5 Å². The van der Waals surface area contributed by atoms with Crippen LogP contribution >= 0.6 is 11.3 Å². The molecule has 22 heavy (non-hydrogen) atoms. The summed E-state index contributed by atoms with van der Waals surface area (Å²) >= 11 is 1.11. The molecule has 0 radical (unpaired) electrons. The van der Waals surface area contributed by atoms with Gasteiger partial charge in [-0.1, -0.05) is 36.8 Å². The van der Waals surface area contributed by atoms with E-state index < -0.39 is 18.0 Å². The number of hydrogen-bond donors (Lipinski definition) is 2. The summed E-state index contributed by atoms with van der Waals surface area (Å²) in [6.45, 7) is 2.36. The number of nitrogens with one attached hydrogen (secondary N) is 1. The molecule has 2 rings (SSSR count). The molecule has 0 saturated carbocycles. The van der Waals surface area contributed by atoms with Gasteiger partial charge in [0.1, 0.15) is 11.9 Å². The van der Waals surface area contributed by atoms with Crippen molar-refractivity contribution in [2.75, 3.05) is 11.9 Å². The van der Waals surface area contributed by atoms with E-state index in [0.29, 0.717) is 22.2 Å². The maximum atomic E-state index is 13.2. The number of nitrogens with zero attached hydrogens (tertiary/aromatic N) is 1. The zero-order valence-corrected chi connectivity index (χ0v) is 12.9. The van der Waals surface area contributed by atoms with Gasteiger partial charge in [0.25, 0.3) is 0 Å². The fourth-order valence-electron chi connectivity index (χ4n) is 1.74. The average Bonchev–Trinajstić information content (AvgIpc) is 2.95. The summed E-state index contributed by atoms with van der Waals surface area (Å²) in [5, 5.41) is 13.0. The van der Waals surface area contributed by atoms with E-state index in [2.05, 4.69) is 10.3 Å². The molecule has 0 aliphatic carbocycles. The molecule has 1 amide bonds. The van der Waals surface area contributed by atoms with Crippen LogP contribution < -0.4 is 5.32 Å². The van der Waals surface area contributed by atoms with Crippen molar-refractivity contribution in [3.63, 3.8) is 0 Å². The highest BCUT2D eigenvalue weighted by Crippen LogP contribution is 2.29. The number of halogens is 1. The van der Waals surface area contributed by atoms with Gasteiger partial charge in [0.2, 0.25) is 0 Å². The number of hydrogen-bond acceptors (Lipinski definition) is 5. The highest BCUT2D eigenvalue weighted by molar-refractivity contribution is 7.15. The minimum atomic E-state index is -0.986. The van der Waals surface area contributed by atoms with Crippen LogP contribution in [-0.2, 0) is 4.74 Å². The van der Waals surface area contributed by atoms with E-state index in [0.717, 1.165) is 24.2 Å². The minimum absolute atomic E-state index is 0.326. The van der Waals surface area contributed by atoms with Gasteiger partial charge in [-0.15, -0.1) is 0 Å². The van der Waals surface area contributed by atoms with Gasteiger partial charge >= 0.3 is 6.09 Å². The molecule has 1 aromatic carbocycles. The average molecular weight is 324 g/mol. The van der Waals surface area contributed by atoms with Gasteiger partial charge in [0.05, 0.1) is 11.5 Å². The van der Waals surface area contributed by atoms with Gasteiger partial charge < -0.3 is 9.84 Å². The smallest absolute Gasteiger partial charge is 0.413 e. The maximum absolute atomic E-state index is 13.2. The Kier molecular flexibility index (Phi) is 5.85. The summed E-state index contributed by atoms with van der Waals surface area (Å²) < 4.78 is 18.1. The van der Waals surface area contributed by atoms with E-state index in [-0.39, 0.29) is 0 Å².